The summed E-state index contributed by atoms with van der Waals surface area (Å²) in [6.07, 6.45) is 3.86. The molecule has 1 aromatic carbocycles. The molecule has 0 amide bonds. The topological polar surface area (TPSA) is 85.5 Å². The van der Waals surface area contributed by atoms with Crippen molar-refractivity contribution in [3.63, 3.8) is 0 Å². The van der Waals surface area contributed by atoms with E-state index in [-0.39, 0.29) is 6.04 Å². The lowest BCUT2D eigenvalue weighted by atomic mass is 10.1. The van der Waals surface area contributed by atoms with Crippen LogP contribution in [0, 0.1) is 0 Å². The third-order valence-corrected chi connectivity index (χ3v) is 5.19. The van der Waals surface area contributed by atoms with Gasteiger partial charge in [-0.15, -0.1) is 0 Å². The number of ether oxygens (including phenoxy) is 2. The molecule has 2 aromatic heterocycles. The lowest BCUT2D eigenvalue weighted by Crippen LogP contribution is -2.23. The van der Waals surface area contributed by atoms with E-state index in [1.54, 1.807) is 6.20 Å². The van der Waals surface area contributed by atoms with E-state index >= 15 is 0 Å². The monoisotopic (exact) mass is 379 g/mol. The van der Waals surface area contributed by atoms with E-state index in [2.05, 4.69) is 31.4 Å². The molecular formula is C20H21N5O3. The first kappa shape index (κ1) is 17.0. The number of nitrogens with one attached hydrogen (secondary N) is 1. The number of aromatic nitrogens is 3. The summed E-state index contributed by atoms with van der Waals surface area (Å²) in [6.45, 7) is 2.09. The molecule has 1 atom stereocenters. The van der Waals surface area contributed by atoms with Gasteiger partial charge in [-0.1, -0.05) is 11.2 Å². The Labute approximate surface area is 162 Å². The smallest absolute Gasteiger partial charge is 0.244 e. The molecule has 8 heteroatoms. The van der Waals surface area contributed by atoms with Gasteiger partial charge in [0.2, 0.25) is 18.5 Å². The highest BCUT2D eigenvalue weighted by atomic mass is 16.7. The van der Waals surface area contributed by atoms with Crippen molar-refractivity contribution in [2.24, 2.45) is 0 Å². The summed E-state index contributed by atoms with van der Waals surface area (Å²) in [5.41, 5.74) is 2.03. The average Bonchev–Trinajstić information content (AvgIpc) is 3.48. The SMILES string of the molecule is CNc1ccc(-c2noc([C@@H]3CCCN3Cc3ccc4c(c3)OCO4)n2)cn1. The fourth-order valence-corrected chi connectivity index (χ4v) is 3.73. The van der Waals surface area contributed by atoms with Gasteiger partial charge in [0, 0.05) is 25.4 Å². The second kappa shape index (κ2) is 7.12. The Bertz CT molecular complexity index is 972. The predicted octanol–water partition coefficient (Wildman–Crippen LogP) is 3.24. The summed E-state index contributed by atoms with van der Waals surface area (Å²) in [7, 11) is 1.84. The van der Waals surface area contributed by atoms with Crippen molar-refractivity contribution in [1.29, 1.82) is 0 Å². The lowest BCUT2D eigenvalue weighted by molar-refractivity contribution is 0.173. The molecule has 4 heterocycles. The highest BCUT2D eigenvalue weighted by Gasteiger charge is 2.31. The highest BCUT2D eigenvalue weighted by molar-refractivity contribution is 5.55. The van der Waals surface area contributed by atoms with Gasteiger partial charge < -0.3 is 19.3 Å². The summed E-state index contributed by atoms with van der Waals surface area (Å²) >= 11 is 0. The van der Waals surface area contributed by atoms with Gasteiger partial charge in [-0.25, -0.2) is 4.98 Å². The van der Waals surface area contributed by atoms with Crippen LogP contribution in [0.1, 0.15) is 30.3 Å². The summed E-state index contributed by atoms with van der Waals surface area (Å²) in [4.78, 5) is 11.3. The van der Waals surface area contributed by atoms with Gasteiger partial charge in [-0.05, 0) is 49.2 Å². The zero-order chi connectivity index (χ0) is 18.9. The van der Waals surface area contributed by atoms with Gasteiger partial charge in [0.1, 0.15) is 5.82 Å². The molecule has 2 aliphatic rings. The zero-order valence-electron chi connectivity index (χ0n) is 15.6. The second-order valence-electron chi connectivity index (χ2n) is 6.95. The van der Waals surface area contributed by atoms with Crippen LogP contribution in [0.3, 0.4) is 0 Å². The van der Waals surface area contributed by atoms with E-state index in [0.29, 0.717) is 18.5 Å². The first-order valence-corrected chi connectivity index (χ1v) is 9.40. The Hall–Kier alpha value is -3.13. The molecule has 1 saturated heterocycles. The third kappa shape index (κ3) is 3.16. The van der Waals surface area contributed by atoms with Gasteiger partial charge >= 0.3 is 0 Å². The van der Waals surface area contributed by atoms with Crippen molar-refractivity contribution in [3.05, 3.63) is 48.0 Å². The maximum Gasteiger partial charge on any atom is 0.244 e. The predicted molar refractivity (Wildman–Crippen MR) is 102 cm³/mol. The number of pyridine rings is 1. The van der Waals surface area contributed by atoms with Crippen LogP contribution < -0.4 is 14.8 Å². The van der Waals surface area contributed by atoms with Crippen molar-refractivity contribution in [3.8, 4) is 22.9 Å². The Kier molecular flexibility index (Phi) is 4.32. The minimum absolute atomic E-state index is 0.121. The normalized spacial score (nSPS) is 18.5. The molecule has 3 aromatic rings. The fourth-order valence-electron chi connectivity index (χ4n) is 3.73. The van der Waals surface area contributed by atoms with E-state index in [1.165, 1.54) is 5.56 Å². The molecule has 0 spiro atoms. The van der Waals surface area contributed by atoms with E-state index in [9.17, 15) is 0 Å². The number of hydrogen-bond donors (Lipinski definition) is 1. The summed E-state index contributed by atoms with van der Waals surface area (Å²) < 4.78 is 16.5. The van der Waals surface area contributed by atoms with Crippen LogP contribution in [0.15, 0.2) is 41.1 Å². The zero-order valence-corrected chi connectivity index (χ0v) is 15.6. The molecule has 5 rings (SSSR count). The Morgan fingerprint density at radius 3 is 2.96 bits per heavy atom. The molecule has 0 bridgehead atoms. The molecule has 0 saturated carbocycles. The molecule has 8 nitrogen and oxygen atoms in total. The minimum atomic E-state index is 0.121. The molecule has 0 unspecified atom stereocenters. The van der Waals surface area contributed by atoms with Crippen molar-refractivity contribution in [2.75, 3.05) is 25.7 Å². The third-order valence-electron chi connectivity index (χ3n) is 5.19. The summed E-state index contributed by atoms with van der Waals surface area (Å²) in [5, 5.41) is 7.17. The van der Waals surface area contributed by atoms with Crippen LogP contribution in [0.4, 0.5) is 5.82 Å². The number of benzene rings is 1. The van der Waals surface area contributed by atoms with Crippen LogP contribution in [0.2, 0.25) is 0 Å². The Morgan fingerprint density at radius 1 is 1.18 bits per heavy atom. The van der Waals surface area contributed by atoms with Crippen molar-refractivity contribution in [1.82, 2.24) is 20.0 Å². The molecule has 144 valence electrons. The number of fused-ring (bicyclic) bond motifs is 1. The molecule has 28 heavy (non-hydrogen) atoms. The van der Waals surface area contributed by atoms with Crippen LogP contribution in [0.25, 0.3) is 11.4 Å². The first-order valence-electron chi connectivity index (χ1n) is 9.40. The van der Waals surface area contributed by atoms with E-state index < -0.39 is 0 Å². The van der Waals surface area contributed by atoms with Gasteiger partial charge in [0.15, 0.2) is 11.5 Å². The maximum absolute atomic E-state index is 5.61. The highest BCUT2D eigenvalue weighted by Crippen LogP contribution is 2.36. The van der Waals surface area contributed by atoms with Crippen molar-refractivity contribution < 1.29 is 14.0 Å². The van der Waals surface area contributed by atoms with Crippen molar-refractivity contribution >= 4 is 5.82 Å². The maximum atomic E-state index is 5.61. The second-order valence-corrected chi connectivity index (χ2v) is 6.95. The van der Waals surface area contributed by atoms with Gasteiger partial charge in [0.25, 0.3) is 0 Å². The fraction of sp³-hybridized carbons (Fsp3) is 0.350. The average molecular weight is 379 g/mol. The van der Waals surface area contributed by atoms with Crippen LogP contribution >= 0.6 is 0 Å². The number of anilines is 1. The van der Waals surface area contributed by atoms with Crippen molar-refractivity contribution in [2.45, 2.75) is 25.4 Å². The van der Waals surface area contributed by atoms with Gasteiger partial charge in [0.05, 0.1) is 6.04 Å². The Morgan fingerprint density at radius 2 is 2.11 bits per heavy atom. The number of likely N-dealkylation sites (tertiary alicyclic amines) is 1. The Balaban J connectivity index is 1.33. The van der Waals surface area contributed by atoms with Crippen LogP contribution in [-0.2, 0) is 6.54 Å². The quantitative estimate of drug-likeness (QED) is 0.723. The summed E-state index contributed by atoms with van der Waals surface area (Å²) in [6, 6.07) is 10.0. The van der Waals surface area contributed by atoms with Crippen LogP contribution in [-0.4, -0.2) is 40.4 Å². The molecule has 0 aliphatic carbocycles. The molecular weight excluding hydrogens is 358 g/mol. The number of rotatable bonds is 5. The van der Waals surface area contributed by atoms with Gasteiger partial charge in [-0.3, -0.25) is 4.90 Å². The number of hydrogen-bond acceptors (Lipinski definition) is 8. The first-order chi connectivity index (χ1) is 13.8. The summed E-state index contributed by atoms with van der Waals surface area (Å²) in [5.74, 6) is 3.65. The lowest BCUT2D eigenvalue weighted by Gasteiger charge is -2.21. The largest absolute Gasteiger partial charge is 0.454 e. The molecule has 0 radical (unpaired) electrons. The standard InChI is InChI=1S/C20H21N5O3/c1-21-18-7-5-14(10-22-18)19-23-20(28-24-19)15-3-2-8-25(15)11-13-4-6-16-17(9-13)27-12-26-16/h4-7,9-10,15H,2-3,8,11-12H2,1H3,(H,21,22)/t15-/m0/s1. The minimum Gasteiger partial charge on any atom is -0.454 e. The molecule has 1 fully saturated rings. The molecule has 1 N–H and O–H groups in total. The van der Waals surface area contributed by atoms with Gasteiger partial charge in [-0.2, -0.15) is 4.98 Å². The number of nitrogens with zero attached hydrogens (tertiary/aromatic N) is 4. The van der Waals surface area contributed by atoms with Crippen LogP contribution in [0.5, 0.6) is 11.5 Å². The van der Waals surface area contributed by atoms with E-state index in [1.807, 2.05) is 31.3 Å². The molecule has 2 aliphatic heterocycles. The van der Waals surface area contributed by atoms with E-state index in [4.69, 9.17) is 14.0 Å². The van der Waals surface area contributed by atoms with E-state index in [0.717, 1.165) is 48.8 Å².